The first kappa shape index (κ1) is 10.3. The zero-order chi connectivity index (χ0) is 9.35. The Kier molecular flexibility index (Phi) is 3.01. The first-order valence-corrected chi connectivity index (χ1v) is 6.51. The minimum atomic E-state index is -3.59. The van der Waals surface area contributed by atoms with Gasteiger partial charge in [-0.2, -0.15) is 0 Å². The molecule has 0 aliphatic rings. The molecule has 0 fully saturated rings. The minimum absolute atomic E-state index is 0.185. The summed E-state index contributed by atoms with van der Waals surface area (Å²) in [6, 6.07) is 5.13. The fourth-order valence-corrected chi connectivity index (χ4v) is 3.40. The lowest BCUT2D eigenvalue weighted by molar-refractivity contribution is 0.609. The van der Waals surface area contributed by atoms with Crippen LogP contribution in [0.25, 0.3) is 0 Å². The van der Waals surface area contributed by atoms with E-state index in [1.807, 2.05) is 35.6 Å². The van der Waals surface area contributed by atoms with E-state index < -0.39 is 9.05 Å². The van der Waals surface area contributed by atoms with E-state index in [1.165, 1.54) is 0 Å². The highest BCUT2D eigenvalue weighted by Crippen LogP contribution is 2.22. The molecule has 2 nitrogen and oxygen atoms in total. The lowest BCUT2D eigenvalue weighted by atomic mass is 10.2. The molecule has 0 bridgehead atoms. The van der Waals surface area contributed by atoms with Crippen molar-refractivity contribution >= 4 is 42.3 Å². The Balaban J connectivity index is 3.43. The van der Waals surface area contributed by atoms with Crippen LogP contribution >= 0.6 is 33.3 Å². The molecule has 0 aliphatic heterocycles. The van der Waals surface area contributed by atoms with Gasteiger partial charge in [-0.15, -0.1) is 0 Å². The van der Waals surface area contributed by atoms with Crippen LogP contribution in [0, 0.1) is 10.5 Å². The highest BCUT2D eigenvalue weighted by molar-refractivity contribution is 14.1. The first-order chi connectivity index (χ1) is 5.41. The molecule has 0 aliphatic carbocycles. The van der Waals surface area contributed by atoms with E-state index in [2.05, 4.69) is 0 Å². The summed E-state index contributed by atoms with van der Waals surface area (Å²) in [7, 11) is 1.61. The Morgan fingerprint density at radius 2 is 2.00 bits per heavy atom. The zero-order valence-electron chi connectivity index (χ0n) is 6.21. The fourth-order valence-electron chi connectivity index (χ4n) is 0.797. The largest absolute Gasteiger partial charge is 0.262 e. The van der Waals surface area contributed by atoms with Gasteiger partial charge >= 0.3 is 0 Å². The normalized spacial score (nSPS) is 11.6. The van der Waals surface area contributed by atoms with Crippen LogP contribution in [0.2, 0.25) is 0 Å². The van der Waals surface area contributed by atoms with Gasteiger partial charge in [0.2, 0.25) is 0 Å². The third kappa shape index (κ3) is 2.34. The SMILES string of the molecule is Cc1ccc(I)c(S(=O)(=O)Cl)c1. The van der Waals surface area contributed by atoms with Crippen LogP contribution in [0.5, 0.6) is 0 Å². The van der Waals surface area contributed by atoms with Crippen molar-refractivity contribution in [3.05, 3.63) is 27.3 Å². The van der Waals surface area contributed by atoms with Crippen LogP contribution in [0.15, 0.2) is 23.1 Å². The minimum Gasteiger partial charge on any atom is -0.207 e. The maximum Gasteiger partial charge on any atom is 0.262 e. The Morgan fingerprint density at radius 3 is 2.42 bits per heavy atom. The lowest BCUT2D eigenvalue weighted by Gasteiger charge is -2.00. The first-order valence-electron chi connectivity index (χ1n) is 3.12. The van der Waals surface area contributed by atoms with Crippen molar-refractivity contribution in [3.63, 3.8) is 0 Å². The van der Waals surface area contributed by atoms with Crippen molar-refractivity contribution in [3.8, 4) is 0 Å². The molecule has 5 heteroatoms. The number of aryl methyl sites for hydroxylation is 1. The van der Waals surface area contributed by atoms with Crippen LogP contribution in [0.3, 0.4) is 0 Å². The molecular weight excluding hydrogens is 310 g/mol. The van der Waals surface area contributed by atoms with Gasteiger partial charge in [-0.1, -0.05) is 6.07 Å². The summed E-state index contributed by atoms with van der Waals surface area (Å²) in [6.07, 6.45) is 0. The van der Waals surface area contributed by atoms with Crippen molar-refractivity contribution in [2.45, 2.75) is 11.8 Å². The van der Waals surface area contributed by atoms with Gasteiger partial charge < -0.3 is 0 Å². The summed E-state index contributed by atoms with van der Waals surface area (Å²) in [5, 5.41) is 0. The number of benzene rings is 1. The Hall–Kier alpha value is 0.190. The number of halogens is 2. The summed E-state index contributed by atoms with van der Waals surface area (Å²) >= 11 is 1.94. The number of hydrogen-bond acceptors (Lipinski definition) is 2. The van der Waals surface area contributed by atoms with E-state index in [4.69, 9.17) is 10.7 Å². The predicted octanol–water partition coefficient (Wildman–Crippen LogP) is 2.53. The van der Waals surface area contributed by atoms with Gasteiger partial charge in [0, 0.05) is 14.3 Å². The van der Waals surface area contributed by atoms with Gasteiger partial charge in [0.25, 0.3) is 9.05 Å². The fraction of sp³-hybridized carbons (Fsp3) is 0.143. The quantitative estimate of drug-likeness (QED) is 0.589. The molecule has 0 amide bonds. The van der Waals surface area contributed by atoms with Crippen LogP contribution in [0.4, 0.5) is 0 Å². The summed E-state index contributed by atoms with van der Waals surface area (Å²) in [6.45, 7) is 1.82. The second-order valence-electron chi connectivity index (χ2n) is 2.37. The van der Waals surface area contributed by atoms with Gasteiger partial charge in [-0.3, -0.25) is 0 Å². The summed E-state index contributed by atoms with van der Waals surface area (Å²) < 4.78 is 22.6. The molecule has 0 unspecified atom stereocenters. The van der Waals surface area contributed by atoms with Crippen molar-refractivity contribution < 1.29 is 8.42 Å². The molecule has 1 aromatic carbocycles. The molecule has 12 heavy (non-hydrogen) atoms. The maximum absolute atomic E-state index is 11.0. The molecule has 0 atom stereocenters. The summed E-state index contributed by atoms with van der Waals surface area (Å²) in [4.78, 5) is 0.185. The molecule has 66 valence electrons. The molecule has 0 aromatic heterocycles. The molecule has 0 heterocycles. The van der Waals surface area contributed by atoms with Crippen molar-refractivity contribution in [1.82, 2.24) is 0 Å². The Bertz CT molecular complexity index is 400. The Morgan fingerprint density at radius 1 is 1.42 bits per heavy atom. The van der Waals surface area contributed by atoms with Crippen LogP contribution < -0.4 is 0 Å². The van der Waals surface area contributed by atoms with Crippen molar-refractivity contribution in [2.75, 3.05) is 0 Å². The molecule has 0 radical (unpaired) electrons. The Labute approximate surface area is 89.5 Å². The zero-order valence-corrected chi connectivity index (χ0v) is 9.94. The van der Waals surface area contributed by atoms with Gasteiger partial charge in [0.1, 0.15) is 0 Å². The molecule has 0 saturated carbocycles. The molecule has 0 spiro atoms. The molecule has 0 N–H and O–H groups in total. The smallest absolute Gasteiger partial charge is 0.207 e. The van der Waals surface area contributed by atoms with Crippen molar-refractivity contribution in [2.24, 2.45) is 0 Å². The van der Waals surface area contributed by atoms with Gasteiger partial charge in [0.15, 0.2) is 0 Å². The second-order valence-corrected chi connectivity index (χ2v) is 6.07. The second kappa shape index (κ2) is 3.51. The predicted molar refractivity (Wildman–Crippen MR) is 56.9 cm³/mol. The average Bonchev–Trinajstić information content (AvgIpc) is 1.92. The summed E-state index contributed by atoms with van der Waals surface area (Å²) in [5.74, 6) is 0. The van der Waals surface area contributed by atoms with E-state index in [1.54, 1.807) is 12.1 Å². The van der Waals surface area contributed by atoms with Gasteiger partial charge in [-0.25, -0.2) is 8.42 Å². The van der Waals surface area contributed by atoms with Crippen molar-refractivity contribution in [1.29, 1.82) is 0 Å². The van der Waals surface area contributed by atoms with E-state index in [-0.39, 0.29) is 4.90 Å². The molecular formula is C7H6ClIO2S. The lowest BCUT2D eigenvalue weighted by Crippen LogP contribution is -1.94. The third-order valence-electron chi connectivity index (χ3n) is 1.35. The van der Waals surface area contributed by atoms with Gasteiger partial charge in [0.05, 0.1) is 4.90 Å². The average molecular weight is 317 g/mol. The number of hydrogen-bond donors (Lipinski definition) is 0. The van der Waals surface area contributed by atoms with Crippen LogP contribution in [0.1, 0.15) is 5.56 Å². The number of rotatable bonds is 1. The molecule has 1 aromatic rings. The summed E-state index contributed by atoms with van der Waals surface area (Å²) in [5.41, 5.74) is 0.884. The monoisotopic (exact) mass is 316 g/mol. The standard InChI is InChI=1S/C7H6ClIO2S/c1-5-2-3-6(9)7(4-5)12(8,10)11/h2-4H,1H3. The highest BCUT2D eigenvalue weighted by Gasteiger charge is 2.13. The van der Waals surface area contributed by atoms with E-state index in [0.29, 0.717) is 3.57 Å². The highest BCUT2D eigenvalue weighted by atomic mass is 127. The van der Waals surface area contributed by atoms with E-state index in [0.717, 1.165) is 5.56 Å². The third-order valence-corrected chi connectivity index (χ3v) is 4.02. The van der Waals surface area contributed by atoms with Gasteiger partial charge in [-0.05, 0) is 47.2 Å². The van der Waals surface area contributed by atoms with E-state index in [9.17, 15) is 8.42 Å². The van der Waals surface area contributed by atoms with Crippen LogP contribution in [-0.4, -0.2) is 8.42 Å². The topological polar surface area (TPSA) is 34.1 Å². The molecule has 1 rings (SSSR count). The van der Waals surface area contributed by atoms with Crippen LogP contribution in [-0.2, 0) is 9.05 Å². The maximum atomic E-state index is 11.0. The van der Waals surface area contributed by atoms with E-state index >= 15 is 0 Å². The molecule has 0 saturated heterocycles.